The second-order valence-corrected chi connectivity index (χ2v) is 4.38. The van der Waals surface area contributed by atoms with E-state index in [-0.39, 0.29) is 5.38 Å². The van der Waals surface area contributed by atoms with Crippen molar-refractivity contribution in [1.82, 2.24) is 4.98 Å². The van der Waals surface area contributed by atoms with E-state index >= 15 is 0 Å². The first-order valence-electron chi connectivity index (χ1n) is 5.50. The van der Waals surface area contributed by atoms with Crippen molar-refractivity contribution in [2.45, 2.75) is 11.8 Å². The number of pyridine rings is 1. The molecule has 0 aliphatic heterocycles. The molecule has 4 nitrogen and oxygen atoms in total. The van der Waals surface area contributed by atoms with E-state index in [0.29, 0.717) is 6.61 Å². The molecule has 0 amide bonds. The fourth-order valence-corrected chi connectivity index (χ4v) is 1.88. The Balaban J connectivity index is 1.92. The molecule has 0 saturated carbocycles. The molecule has 0 fully saturated rings. The zero-order valence-electron chi connectivity index (χ0n) is 9.65. The summed E-state index contributed by atoms with van der Waals surface area (Å²) in [5, 5.41) is 4.27. The Kier molecular flexibility index (Phi) is 4.23. The number of fused-ring (bicyclic) bond motifs is 1. The molecule has 1 N–H and O–H groups in total. The predicted molar refractivity (Wildman–Crippen MR) is 68.6 cm³/mol. The third kappa shape index (κ3) is 3.11. The molecule has 5 heteroatoms. The summed E-state index contributed by atoms with van der Waals surface area (Å²) in [4.78, 5) is 4.28. The second kappa shape index (κ2) is 5.89. The number of nitrogens with zero attached hydrogens (tertiary/aromatic N) is 1. The second-order valence-electron chi connectivity index (χ2n) is 3.76. The van der Waals surface area contributed by atoms with Gasteiger partial charge in [-0.05, 0) is 18.6 Å². The van der Waals surface area contributed by atoms with Crippen LogP contribution in [-0.4, -0.2) is 30.6 Å². The SMILES string of the molecule is COCC(Cl)CCNc1nccc2occc12. The molecule has 2 aromatic rings. The van der Waals surface area contributed by atoms with Crippen LogP contribution < -0.4 is 5.32 Å². The first-order chi connectivity index (χ1) is 8.31. The fourth-order valence-electron chi connectivity index (χ4n) is 1.65. The minimum absolute atomic E-state index is 0.0241. The highest BCUT2D eigenvalue weighted by Crippen LogP contribution is 2.21. The molecule has 1 atom stereocenters. The van der Waals surface area contributed by atoms with Crippen LogP contribution in [0.3, 0.4) is 0 Å². The maximum Gasteiger partial charge on any atom is 0.139 e. The summed E-state index contributed by atoms with van der Waals surface area (Å²) in [6, 6.07) is 3.74. The molecule has 0 aliphatic carbocycles. The summed E-state index contributed by atoms with van der Waals surface area (Å²) in [7, 11) is 1.65. The van der Waals surface area contributed by atoms with Crippen LogP contribution >= 0.6 is 11.6 Å². The van der Waals surface area contributed by atoms with Crippen LogP contribution in [0.15, 0.2) is 29.0 Å². The summed E-state index contributed by atoms with van der Waals surface area (Å²) in [6.07, 6.45) is 4.21. The Bertz CT molecular complexity index is 472. The average molecular weight is 255 g/mol. The Morgan fingerprint density at radius 1 is 1.53 bits per heavy atom. The average Bonchev–Trinajstić information content (AvgIpc) is 2.78. The molecule has 0 aromatic carbocycles. The Hall–Kier alpha value is -1.26. The van der Waals surface area contributed by atoms with Crippen LogP contribution in [0, 0.1) is 0 Å². The van der Waals surface area contributed by atoms with E-state index in [2.05, 4.69) is 10.3 Å². The van der Waals surface area contributed by atoms with Gasteiger partial charge in [-0.25, -0.2) is 4.98 Å². The molecule has 2 aromatic heterocycles. The third-order valence-corrected chi connectivity index (χ3v) is 2.82. The number of furan rings is 1. The molecular formula is C12H15ClN2O2. The molecule has 0 aliphatic rings. The Morgan fingerprint density at radius 3 is 3.24 bits per heavy atom. The van der Waals surface area contributed by atoms with Crippen molar-refractivity contribution < 1.29 is 9.15 Å². The standard InChI is InChI=1S/C12H15ClN2O2/c1-16-8-9(13)2-5-14-12-10-4-7-17-11(10)3-6-15-12/h3-4,6-7,9H,2,5,8H2,1H3,(H,14,15). The van der Waals surface area contributed by atoms with Crippen molar-refractivity contribution in [3.05, 3.63) is 24.6 Å². The van der Waals surface area contributed by atoms with Gasteiger partial charge in [-0.3, -0.25) is 0 Å². The van der Waals surface area contributed by atoms with E-state index < -0.39 is 0 Å². The molecule has 0 radical (unpaired) electrons. The molecule has 0 bridgehead atoms. The molecule has 1 unspecified atom stereocenters. The zero-order valence-corrected chi connectivity index (χ0v) is 10.4. The number of rotatable bonds is 6. The van der Waals surface area contributed by atoms with Gasteiger partial charge in [0.15, 0.2) is 0 Å². The van der Waals surface area contributed by atoms with Crippen molar-refractivity contribution in [2.24, 2.45) is 0 Å². The predicted octanol–water partition coefficient (Wildman–Crippen LogP) is 2.88. The molecule has 92 valence electrons. The molecule has 0 spiro atoms. The fraction of sp³-hybridized carbons (Fsp3) is 0.417. The van der Waals surface area contributed by atoms with Crippen LogP contribution in [0.5, 0.6) is 0 Å². The first-order valence-corrected chi connectivity index (χ1v) is 5.94. The highest BCUT2D eigenvalue weighted by atomic mass is 35.5. The van der Waals surface area contributed by atoms with Crippen LogP contribution in [0.25, 0.3) is 11.0 Å². The first kappa shape index (κ1) is 12.2. The monoisotopic (exact) mass is 254 g/mol. The van der Waals surface area contributed by atoms with Crippen LogP contribution in [0.2, 0.25) is 0 Å². The number of nitrogens with one attached hydrogen (secondary N) is 1. The van der Waals surface area contributed by atoms with Gasteiger partial charge in [0.2, 0.25) is 0 Å². The number of hydrogen-bond acceptors (Lipinski definition) is 4. The highest BCUT2D eigenvalue weighted by molar-refractivity contribution is 6.20. The van der Waals surface area contributed by atoms with Gasteiger partial charge >= 0.3 is 0 Å². The van der Waals surface area contributed by atoms with Crippen LogP contribution in [0.4, 0.5) is 5.82 Å². The number of halogens is 1. The number of anilines is 1. The zero-order chi connectivity index (χ0) is 12.1. The molecule has 0 saturated heterocycles. The lowest BCUT2D eigenvalue weighted by Gasteiger charge is -2.09. The number of ether oxygens (including phenoxy) is 1. The Morgan fingerprint density at radius 2 is 2.41 bits per heavy atom. The van der Waals surface area contributed by atoms with E-state index in [0.717, 1.165) is 29.8 Å². The van der Waals surface area contributed by atoms with Gasteiger partial charge in [0.05, 0.1) is 23.6 Å². The van der Waals surface area contributed by atoms with Gasteiger partial charge in [0.25, 0.3) is 0 Å². The van der Waals surface area contributed by atoms with Gasteiger partial charge < -0.3 is 14.5 Å². The molecular weight excluding hydrogens is 240 g/mol. The highest BCUT2D eigenvalue weighted by Gasteiger charge is 2.06. The van der Waals surface area contributed by atoms with Gasteiger partial charge in [0, 0.05) is 19.9 Å². The topological polar surface area (TPSA) is 47.3 Å². The largest absolute Gasteiger partial charge is 0.464 e. The van der Waals surface area contributed by atoms with Gasteiger partial charge in [-0.2, -0.15) is 0 Å². The van der Waals surface area contributed by atoms with Gasteiger partial charge in [-0.1, -0.05) is 0 Å². The van der Waals surface area contributed by atoms with Crippen molar-refractivity contribution in [3.63, 3.8) is 0 Å². The van der Waals surface area contributed by atoms with Crippen LogP contribution in [0.1, 0.15) is 6.42 Å². The maximum absolute atomic E-state index is 6.04. The number of aromatic nitrogens is 1. The van der Waals surface area contributed by atoms with Crippen molar-refractivity contribution in [2.75, 3.05) is 25.6 Å². The third-order valence-electron chi connectivity index (χ3n) is 2.48. The molecule has 2 heterocycles. The number of hydrogen-bond donors (Lipinski definition) is 1. The molecule has 2 rings (SSSR count). The van der Waals surface area contributed by atoms with Crippen molar-refractivity contribution in [1.29, 1.82) is 0 Å². The van der Waals surface area contributed by atoms with E-state index in [4.69, 9.17) is 20.8 Å². The van der Waals surface area contributed by atoms with Crippen molar-refractivity contribution >= 4 is 28.4 Å². The maximum atomic E-state index is 6.04. The molecule has 17 heavy (non-hydrogen) atoms. The van der Waals surface area contributed by atoms with Crippen LogP contribution in [-0.2, 0) is 4.74 Å². The lowest BCUT2D eigenvalue weighted by Crippen LogP contribution is -2.13. The lowest BCUT2D eigenvalue weighted by molar-refractivity contribution is 0.196. The normalized spacial score (nSPS) is 12.8. The summed E-state index contributed by atoms with van der Waals surface area (Å²) in [5.74, 6) is 0.831. The summed E-state index contributed by atoms with van der Waals surface area (Å²) in [6.45, 7) is 1.32. The minimum atomic E-state index is 0.0241. The lowest BCUT2D eigenvalue weighted by atomic mass is 10.3. The summed E-state index contributed by atoms with van der Waals surface area (Å²) >= 11 is 6.04. The van der Waals surface area contributed by atoms with Gasteiger partial charge in [0.1, 0.15) is 11.4 Å². The quantitative estimate of drug-likeness (QED) is 0.806. The van der Waals surface area contributed by atoms with E-state index in [1.807, 2.05) is 12.1 Å². The smallest absolute Gasteiger partial charge is 0.139 e. The van der Waals surface area contributed by atoms with E-state index in [1.165, 1.54) is 0 Å². The number of methoxy groups -OCH3 is 1. The Labute approximate surface area is 105 Å². The minimum Gasteiger partial charge on any atom is -0.464 e. The van der Waals surface area contributed by atoms with Gasteiger partial charge in [-0.15, -0.1) is 11.6 Å². The van der Waals surface area contributed by atoms with E-state index in [1.54, 1.807) is 19.6 Å². The summed E-state index contributed by atoms with van der Waals surface area (Å²) < 4.78 is 10.3. The van der Waals surface area contributed by atoms with Crippen molar-refractivity contribution in [3.8, 4) is 0 Å². The van der Waals surface area contributed by atoms with E-state index in [9.17, 15) is 0 Å². The number of alkyl halides is 1. The summed E-state index contributed by atoms with van der Waals surface area (Å²) in [5.41, 5.74) is 0.835.